The van der Waals surface area contributed by atoms with E-state index in [9.17, 15) is 18.0 Å². The number of carboxylic acids is 1. The molecule has 0 fully saturated rings. The zero-order valence-corrected chi connectivity index (χ0v) is 16.1. The van der Waals surface area contributed by atoms with E-state index in [0.717, 1.165) is 5.56 Å². The maximum atomic E-state index is 12.4. The summed E-state index contributed by atoms with van der Waals surface area (Å²) in [7, 11) is -4.00. The number of aliphatic carboxylic acids is 1. The standard InChI is InChI=1S/C19H22N2O5S/c1-12(2)17(19(23)24)21-27(25,26)16-10-8-15(9-11-16)20-18(22)14-6-4-13(3)5-7-14/h4-12,17,21H,1-3H3,(H,20,22)(H,23,24)/t17-/m1/s1. The summed E-state index contributed by atoms with van der Waals surface area (Å²) in [6, 6.07) is 11.3. The molecule has 0 aromatic heterocycles. The highest BCUT2D eigenvalue weighted by Gasteiger charge is 2.27. The highest BCUT2D eigenvalue weighted by Crippen LogP contribution is 2.17. The van der Waals surface area contributed by atoms with E-state index in [1.54, 1.807) is 26.0 Å². The lowest BCUT2D eigenvalue weighted by molar-refractivity contribution is -0.140. The molecule has 7 nitrogen and oxygen atoms in total. The molecular weight excluding hydrogens is 368 g/mol. The molecule has 2 rings (SSSR count). The summed E-state index contributed by atoms with van der Waals surface area (Å²) in [4.78, 5) is 23.3. The molecule has 0 radical (unpaired) electrons. The highest BCUT2D eigenvalue weighted by atomic mass is 32.2. The summed E-state index contributed by atoms with van der Waals surface area (Å²) in [6.07, 6.45) is 0. The Morgan fingerprint density at radius 1 is 0.963 bits per heavy atom. The average Bonchev–Trinajstić information content (AvgIpc) is 2.60. The Morgan fingerprint density at radius 2 is 1.52 bits per heavy atom. The van der Waals surface area contributed by atoms with Crippen molar-refractivity contribution in [2.75, 3.05) is 5.32 Å². The minimum atomic E-state index is -4.00. The van der Waals surface area contributed by atoms with Crippen LogP contribution in [-0.2, 0) is 14.8 Å². The molecule has 0 saturated heterocycles. The van der Waals surface area contributed by atoms with Gasteiger partial charge in [-0.1, -0.05) is 31.5 Å². The minimum absolute atomic E-state index is 0.0808. The summed E-state index contributed by atoms with van der Waals surface area (Å²) >= 11 is 0. The van der Waals surface area contributed by atoms with Crippen LogP contribution in [0.2, 0.25) is 0 Å². The highest BCUT2D eigenvalue weighted by molar-refractivity contribution is 7.89. The predicted octanol–water partition coefficient (Wildman–Crippen LogP) is 2.63. The first-order valence-corrected chi connectivity index (χ1v) is 9.81. The molecule has 27 heavy (non-hydrogen) atoms. The second kappa shape index (κ2) is 8.32. The number of rotatable bonds is 7. The molecule has 0 bridgehead atoms. The van der Waals surface area contributed by atoms with Gasteiger partial charge >= 0.3 is 5.97 Å². The fourth-order valence-electron chi connectivity index (χ4n) is 2.33. The van der Waals surface area contributed by atoms with Gasteiger partial charge in [-0.25, -0.2) is 8.42 Å². The Morgan fingerprint density at radius 3 is 2.00 bits per heavy atom. The second-order valence-electron chi connectivity index (χ2n) is 6.53. The van der Waals surface area contributed by atoms with E-state index >= 15 is 0 Å². The molecular formula is C19H22N2O5S. The molecule has 0 unspecified atom stereocenters. The average molecular weight is 390 g/mol. The van der Waals surface area contributed by atoms with Crippen molar-refractivity contribution in [3.63, 3.8) is 0 Å². The summed E-state index contributed by atoms with van der Waals surface area (Å²) in [5, 5.41) is 11.8. The fraction of sp³-hybridized carbons (Fsp3) is 0.263. The molecule has 0 aliphatic carbocycles. The Bertz CT molecular complexity index is 920. The van der Waals surface area contributed by atoms with Crippen molar-refractivity contribution in [2.24, 2.45) is 5.92 Å². The topological polar surface area (TPSA) is 113 Å². The van der Waals surface area contributed by atoms with Crippen molar-refractivity contribution in [2.45, 2.75) is 31.7 Å². The Labute approximate surface area is 158 Å². The van der Waals surface area contributed by atoms with Crippen LogP contribution in [0.4, 0.5) is 5.69 Å². The third-order valence-corrected chi connectivity index (χ3v) is 5.41. The number of anilines is 1. The van der Waals surface area contributed by atoms with Gasteiger partial charge in [0.15, 0.2) is 0 Å². The van der Waals surface area contributed by atoms with Gasteiger partial charge in [0.25, 0.3) is 5.91 Å². The third kappa shape index (κ3) is 5.38. The molecule has 0 aliphatic rings. The van der Waals surface area contributed by atoms with E-state index in [1.807, 2.05) is 19.1 Å². The molecule has 1 amide bonds. The number of sulfonamides is 1. The van der Waals surface area contributed by atoms with E-state index in [-0.39, 0.29) is 10.8 Å². The number of benzene rings is 2. The molecule has 144 valence electrons. The number of carbonyl (C=O) groups excluding carboxylic acids is 1. The summed E-state index contributed by atoms with van der Waals surface area (Å²) in [5.41, 5.74) is 1.95. The van der Waals surface area contributed by atoms with Gasteiger partial charge in [0.1, 0.15) is 6.04 Å². The largest absolute Gasteiger partial charge is 0.480 e. The lowest BCUT2D eigenvalue weighted by atomic mass is 10.1. The van der Waals surface area contributed by atoms with Crippen LogP contribution < -0.4 is 10.0 Å². The van der Waals surface area contributed by atoms with Crippen LogP contribution in [0.15, 0.2) is 53.4 Å². The summed E-state index contributed by atoms with van der Waals surface area (Å²) in [6.45, 7) is 5.15. The molecule has 0 saturated carbocycles. The van der Waals surface area contributed by atoms with Crippen LogP contribution in [0, 0.1) is 12.8 Å². The first kappa shape index (κ1) is 20.6. The third-order valence-electron chi connectivity index (χ3n) is 3.95. The zero-order chi connectivity index (χ0) is 20.2. The van der Waals surface area contributed by atoms with E-state index in [0.29, 0.717) is 11.3 Å². The molecule has 2 aromatic carbocycles. The maximum Gasteiger partial charge on any atom is 0.322 e. The van der Waals surface area contributed by atoms with Crippen LogP contribution in [0.5, 0.6) is 0 Å². The van der Waals surface area contributed by atoms with E-state index < -0.39 is 28.0 Å². The van der Waals surface area contributed by atoms with Crippen molar-refractivity contribution < 1.29 is 23.1 Å². The lowest BCUT2D eigenvalue weighted by Crippen LogP contribution is -2.44. The van der Waals surface area contributed by atoms with Crippen LogP contribution in [0.25, 0.3) is 0 Å². The molecule has 0 heterocycles. The number of carboxylic acid groups (broad SMARTS) is 1. The summed E-state index contributed by atoms with van der Waals surface area (Å²) < 4.78 is 26.9. The smallest absolute Gasteiger partial charge is 0.322 e. The Kier molecular flexibility index (Phi) is 6.35. The monoisotopic (exact) mass is 390 g/mol. The Hall–Kier alpha value is -2.71. The number of aryl methyl sites for hydroxylation is 1. The van der Waals surface area contributed by atoms with Crippen molar-refractivity contribution in [1.82, 2.24) is 4.72 Å². The lowest BCUT2D eigenvalue weighted by Gasteiger charge is -2.18. The van der Waals surface area contributed by atoms with E-state index in [2.05, 4.69) is 10.0 Å². The van der Waals surface area contributed by atoms with Crippen LogP contribution in [0.1, 0.15) is 29.8 Å². The number of hydrogen-bond donors (Lipinski definition) is 3. The molecule has 0 aliphatic heterocycles. The molecule has 8 heteroatoms. The molecule has 1 atom stereocenters. The SMILES string of the molecule is Cc1ccc(C(=O)Nc2ccc(S(=O)(=O)N[C@@H](C(=O)O)C(C)C)cc2)cc1. The van der Waals surface area contributed by atoms with Gasteiger partial charge in [-0.3, -0.25) is 9.59 Å². The normalized spacial score (nSPS) is 12.6. The van der Waals surface area contributed by atoms with Gasteiger partial charge in [0, 0.05) is 11.3 Å². The zero-order valence-electron chi connectivity index (χ0n) is 15.3. The number of hydrogen-bond acceptors (Lipinski definition) is 4. The first-order chi connectivity index (χ1) is 12.6. The minimum Gasteiger partial charge on any atom is -0.480 e. The van der Waals surface area contributed by atoms with Crippen molar-refractivity contribution in [3.05, 3.63) is 59.7 Å². The van der Waals surface area contributed by atoms with Gasteiger partial charge < -0.3 is 10.4 Å². The maximum absolute atomic E-state index is 12.4. The van der Waals surface area contributed by atoms with E-state index in [4.69, 9.17) is 5.11 Å². The molecule has 2 aromatic rings. The number of amides is 1. The van der Waals surface area contributed by atoms with E-state index in [1.165, 1.54) is 24.3 Å². The van der Waals surface area contributed by atoms with Crippen LogP contribution in [-0.4, -0.2) is 31.4 Å². The van der Waals surface area contributed by atoms with Gasteiger partial charge in [-0.15, -0.1) is 0 Å². The molecule has 0 spiro atoms. The van der Waals surface area contributed by atoms with Crippen molar-refractivity contribution in [3.8, 4) is 0 Å². The molecule has 3 N–H and O–H groups in total. The fourth-order valence-corrected chi connectivity index (χ4v) is 3.67. The van der Waals surface area contributed by atoms with Gasteiger partial charge in [-0.05, 0) is 49.2 Å². The van der Waals surface area contributed by atoms with Crippen molar-refractivity contribution in [1.29, 1.82) is 0 Å². The van der Waals surface area contributed by atoms with Gasteiger partial charge in [0.05, 0.1) is 4.90 Å². The number of carbonyl (C=O) groups is 2. The first-order valence-electron chi connectivity index (χ1n) is 8.33. The second-order valence-corrected chi connectivity index (χ2v) is 8.24. The van der Waals surface area contributed by atoms with Crippen LogP contribution in [0.3, 0.4) is 0 Å². The van der Waals surface area contributed by atoms with Gasteiger partial charge in [-0.2, -0.15) is 4.72 Å². The van der Waals surface area contributed by atoms with Crippen LogP contribution >= 0.6 is 0 Å². The Balaban J connectivity index is 2.12. The summed E-state index contributed by atoms with van der Waals surface area (Å²) in [5.74, 6) is -1.96. The number of nitrogens with one attached hydrogen (secondary N) is 2. The quantitative estimate of drug-likeness (QED) is 0.673. The van der Waals surface area contributed by atoms with Gasteiger partial charge in [0.2, 0.25) is 10.0 Å². The van der Waals surface area contributed by atoms with Crippen molar-refractivity contribution >= 4 is 27.6 Å². The predicted molar refractivity (Wildman–Crippen MR) is 102 cm³/mol.